The molecule has 0 aromatic carbocycles. The first-order chi connectivity index (χ1) is 24.9. The highest BCUT2D eigenvalue weighted by atomic mass is 16.6. The van der Waals surface area contributed by atoms with Gasteiger partial charge in [-0.3, -0.25) is 19.2 Å². The Hall–Kier alpha value is -2.85. The van der Waals surface area contributed by atoms with E-state index in [2.05, 4.69) is 28.2 Å². The fourth-order valence-electron chi connectivity index (χ4n) is 9.61. The SMILES string of the molecule is CCCCOC(=O)[C@H](CC)[C@H]1CCCC[C@H]1NC(=O)[C@@H]1CCC[C@H]1NC(=O)[C@H](CC)[C@H]1CCCC[C@H]1NC(=O)[C@@H]1CCC[C@H]1NC(=O)OC(C)(C)C. The summed E-state index contributed by atoms with van der Waals surface area (Å²) in [5.74, 6) is -1.32. The largest absolute Gasteiger partial charge is 0.465 e. The number of rotatable bonds is 15. The molecule has 0 saturated heterocycles. The van der Waals surface area contributed by atoms with Crippen LogP contribution in [-0.2, 0) is 28.7 Å². The molecule has 4 amide bonds. The van der Waals surface area contributed by atoms with Crippen molar-refractivity contribution in [3.63, 3.8) is 0 Å². The van der Waals surface area contributed by atoms with E-state index in [1.54, 1.807) is 0 Å². The lowest BCUT2D eigenvalue weighted by molar-refractivity contribution is -0.152. The van der Waals surface area contributed by atoms with E-state index in [9.17, 15) is 24.0 Å². The van der Waals surface area contributed by atoms with Gasteiger partial charge in [-0.15, -0.1) is 0 Å². The molecule has 0 unspecified atom stereocenters. The van der Waals surface area contributed by atoms with Gasteiger partial charge >= 0.3 is 12.1 Å². The minimum absolute atomic E-state index is 0.00102. The lowest BCUT2D eigenvalue weighted by Crippen LogP contribution is -2.54. The Morgan fingerprint density at radius 1 is 0.596 bits per heavy atom. The Kier molecular flexibility index (Phi) is 16.1. The Labute approximate surface area is 313 Å². The third-order valence-corrected chi connectivity index (χ3v) is 12.3. The minimum atomic E-state index is -0.616. The van der Waals surface area contributed by atoms with Crippen LogP contribution in [0.4, 0.5) is 4.79 Å². The number of amides is 4. The number of esters is 1. The molecule has 52 heavy (non-hydrogen) atoms. The topological polar surface area (TPSA) is 152 Å². The number of ether oxygens (including phenoxy) is 2. The number of hydrogen-bond acceptors (Lipinski definition) is 7. The normalized spacial score (nSPS) is 30.4. The number of hydrogen-bond donors (Lipinski definition) is 4. The van der Waals surface area contributed by atoms with Crippen molar-refractivity contribution in [1.29, 1.82) is 0 Å². The summed E-state index contributed by atoms with van der Waals surface area (Å²) in [5.41, 5.74) is -0.616. The maximum atomic E-state index is 14.1. The zero-order valence-electron chi connectivity index (χ0n) is 33.1. The predicted molar refractivity (Wildman–Crippen MR) is 201 cm³/mol. The molecular weight excluding hydrogens is 660 g/mol. The van der Waals surface area contributed by atoms with E-state index in [1.807, 2.05) is 34.6 Å². The van der Waals surface area contributed by atoms with Crippen LogP contribution >= 0.6 is 0 Å². The Balaban J connectivity index is 1.36. The molecule has 4 aliphatic carbocycles. The van der Waals surface area contributed by atoms with E-state index in [4.69, 9.17) is 9.47 Å². The van der Waals surface area contributed by atoms with Gasteiger partial charge in [0.2, 0.25) is 17.7 Å². The monoisotopic (exact) mass is 731 g/mol. The fraction of sp³-hybridized carbons (Fsp3) is 0.878. The molecular formula is C41H70N4O7. The van der Waals surface area contributed by atoms with Gasteiger partial charge in [0.1, 0.15) is 5.60 Å². The molecule has 4 aliphatic rings. The van der Waals surface area contributed by atoms with Gasteiger partial charge in [-0.2, -0.15) is 0 Å². The maximum Gasteiger partial charge on any atom is 0.407 e. The molecule has 0 aliphatic heterocycles. The summed E-state index contributed by atoms with van der Waals surface area (Å²) in [7, 11) is 0. The van der Waals surface area contributed by atoms with Gasteiger partial charge in [0.05, 0.1) is 24.4 Å². The molecule has 0 bridgehead atoms. The Morgan fingerprint density at radius 2 is 1.08 bits per heavy atom. The van der Waals surface area contributed by atoms with E-state index in [-0.39, 0.29) is 83.4 Å². The number of alkyl carbamates (subject to hydrolysis) is 1. The van der Waals surface area contributed by atoms with E-state index < -0.39 is 11.7 Å². The lowest BCUT2D eigenvalue weighted by Gasteiger charge is -2.38. The first kappa shape index (κ1) is 41.9. The van der Waals surface area contributed by atoms with Gasteiger partial charge in [-0.25, -0.2) is 4.79 Å². The highest BCUT2D eigenvalue weighted by Gasteiger charge is 2.43. The maximum absolute atomic E-state index is 14.1. The number of unbranched alkanes of at least 4 members (excludes halogenated alkanes) is 1. The van der Waals surface area contributed by atoms with Gasteiger partial charge in [-0.05, 0) is 103 Å². The highest BCUT2D eigenvalue weighted by Crippen LogP contribution is 2.37. The van der Waals surface area contributed by atoms with Crippen LogP contribution in [0.3, 0.4) is 0 Å². The molecule has 0 radical (unpaired) electrons. The molecule has 0 aromatic heterocycles. The van der Waals surface area contributed by atoms with Crippen LogP contribution in [0, 0.1) is 35.5 Å². The number of carbonyl (C=O) groups excluding carboxylic acids is 5. The summed E-state index contributed by atoms with van der Waals surface area (Å²) in [6.45, 7) is 12.1. The summed E-state index contributed by atoms with van der Waals surface area (Å²) in [6, 6.07) is -0.704. The van der Waals surface area contributed by atoms with Gasteiger partial charge in [0, 0.05) is 30.1 Å². The molecule has 0 spiro atoms. The smallest absolute Gasteiger partial charge is 0.407 e. The third kappa shape index (κ3) is 11.6. The van der Waals surface area contributed by atoms with Crippen molar-refractivity contribution in [2.45, 2.75) is 187 Å². The fourth-order valence-corrected chi connectivity index (χ4v) is 9.61. The van der Waals surface area contributed by atoms with Gasteiger partial charge in [-0.1, -0.05) is 65.7 Å². The zero-order valence-corrected chi connectivity index (χ0v) is 33.1. The summed E-state index contributed by atoms with van der Waals surface area (Å²) in [5, 5.41) is 12.9. The van der Waals surface area contributed by atoms with Crippen LogP contribution in [0.5, 0.6) is 0 Å². The van der Waals surface area contributed by atoms with Crippen LogP contribution in [0.25, 0.3) is 0 Å². The van der Waals surface area contributed by atoms with Gasteiger partial charge in [0.25, 0.3) is 0 Å². The molecule has 11 heteroatoms. The second-order valence-corrected chi connectivity index (χ2v) is 17.1. The summed E-state index contributed by atoms with van der Waals surface area (Å²) < 4.78 is 11.1. The quantitative estimate of drug-likeness (QED) is 0.108. The predicted octanol–water partition coefficient (Wildman–Crippen LogP) is 6.71. The van der Waals surface area contributed by atoms with Crippen molar-refractivity contribution >= 4 is 29.8 Å². The zero-order chi connectivity index (χ0) is 37.8. The average Bonchev–Trinajstić information content (AvgIpc) is 3.76. The van der Waals surface area contributed by atoms with Crippen molar-refractivity contribution in [1.82, 2.24) is 21.3 Å². The first-order valence-electron chi connectivity index (χ1n) is 20.9. The van der Waals surface area contributed by atoms with Crippen LogP contribution in [-0.4, -0.2) is 66.2 Å². The Bertz CT molecular complexity index is 1200. The molecule has 4 saturated carbocycles. The van der Waals surface area contributed by atoms with E-state index in [0.29, 0.717) is 25.9 Å². The molecule has 4 N–H and O–H groups in total. The first-order valence-corrected chi connectivity index (χ1v) is 20.9. The van der Waals surface area contributed by atoms with Crippen molar-refractivity contribution in [2.24, 2.45) is 35.5 Å². The summed E-state index contributed by atoms with van der Waals surface area (Å²) in [6.07, 6.45) is 14.8. The van der Waals surface area contributed by atoms with Crippen LogP contribution in [0.2, 0.25) is 0 Å². The van der Waals surface area contributed by atoms with Crippen LogP contribution < -0.4 is 21.3 Å². The standard InChI is InChI=1S/C41H70N4O7/c1-7-10-25-51-39(49)27(9-3)29-18-12-14-22-33(29)43-37(47)30-19-15-23-34(30)44-36(46)26(8-2)28-17-11-13-21-32(28)42-38(48)31-20-16-24-35(31)45-40(50)52-41(4,5)6/h26-35H,7-25H2,1-6H3,(H,42,48)(H,43,47)(H,44,46)(H,45,50)/t26-,27-,28-,29-,30-,31-,32-,33-,34-,35-/m1/s1. The Morgan fingerprint density at radius 3 is 1.58 bits per heavy atom. The third-order valence-electron chi connectivity index (χ3n) is 12.3. The molecule has 4 rings (SSSR count). The van der Waals surface area contributed by atoms with Gasteiger partial charge < -0.3 is 30.7 Å². The molecule has 11 nitrogen and oxygen atoms in total. The molecule has 296 valence electrons. The second-order valence-electron chi connectivity index (χ2n) is 17.1. The van der Waals surface area contributed by atoms with Crippen molar-refractivity contribution < 1.29 is 33.4 Å². The average molecular weight is 731 g/mol. The minimum Gasteiger partial charge on any atom is -0.465 e. The van der Waals surface area contributed by atoms with Crippen LogP contribution in [0.15, 0.2) is 0 Å². The van der Waals surface area contributed by atoms with Crippen molar-refractivity contribution in [3.05, 3.63) is 0 Å². The molecule has 0 aromatic rings. The van der Waals surface area contributed by atoms with Gasteiger partial charge in [0.15, 0.2) is 0 Å². The number of carbonyl (C=O) groups is 5. The summed E-state index contributed by atoms with van der Waals surface area (Å²) >= 11 is 0. The van der Waals surface area contributed by atoms with E-state index in [1.165, 1.54) is 0 Å². The molecule has 4 fully saturated rings. The van der Waals surface area contributed by atoms with E-state index >= 15 is 0 Å². The van der Waals surface area contributed by atoms with Crippen molar-refractivity contribution in [3.8, 4) is 0 Å². The summed E-state index contributed by atoms with van der Waals surface area (Å²) in [4.78, 5) is 67.2. The van der Waals surface area contributed by atoms with E-state index in [0.717, 1.165) is 96.3 Å². The lowest BCUT2D eigenvalue weighted by atomic mass is 9.74. The van der Waals surface area contributed by atoms with Crippen LogP contribution in [0.1, 0.15) is 157 Å². The highest BCUT2D eigenvalue weighted by molar-refractivity contribution is 5.84. The second kappa shape index (κ2) is 20.0. The molecule has 10 atom stereocenters. The number of nitrogens with one attached hydrogen (secondary N) is 4. The molecule has 0 heterocycles. The van der Waals surface area contributed by atoms with Crippen molar-refractivity contribution in [2.75, 3.05) is 6.61 Å².